The number of carbonyl (C=O) groups excluding carboxylic acids is 2. The van der Waals surface area contributed by atoms with Crippen LogP contribution in [-0.2, 0) is 33.6 Å². The number of Topliss-reactive ketones (excluding diaryl/α,β-unsaturated/α-hetero) is 1. The molecule has 4 bridgehead atoms. The van der Waals surface area contributed by atoms with Crippen LogP contribution in [0.3, 0.4) is 0 Å². The van der Waals surface area contributed by atoms with Gasteiger partial charge in [0.1, 0.15) is 24.6 Å². The molecular formula is C65H82N6O8. The third-order valence-electron chi connectivity index (χ3n) is 18.5. The van der Waals surface area contributed by atoms with Gasteiger partial charge in [-0.2, -0.15) is 0 Å². The van der Waals surface area contributed by atoms with Crippen molar-refractivity contribution in [1.29, 1.82) is 0 Å². The number of aromatic hydroxyl groups is 1. The Morgan fingerprint density at radius 3 is 2.52 bits per heavy atom. The Balaban J connectivity index is 1.13. The number of fused-ring (bicyclic) bond motifs is 4. The summed E-state index contributed by atoms with van der Waals surface area (Å²) in [4.78, 5) is 33.9. The summed E-state index contributed by atoms with van der Waals surface area (Å²) >= 11 is 0. The molecule has 3 aliphatic carbocycles. The van der Waals surface area contributed by atoms with Gasteiger partial charge in [-0.25, -0.2) is 0 Å². The summed E-state index contributed by atoms with van der Waals surface area (Å²) < 4.78 is 6.30. The smallest absolute Gasteiger partial charge is 0.243 e. The largest absolute Gasteiger partial charge is 0.508 e. The van der Waals surface area contributed by atoms with Gasteiger partial charge >= 0.3 is 0 Å². The lowest BCUT2D eigenvalue weighted by atomic mass is 9.51. The van der Waals surface area contributed by atoms with Crippen molar-refractivity contribution in [3.63, 3.8) is 0 Å². The third kappa shape index (κ3) is 12.6. The minimum absolute atomic E-state index is 0.00523. The maximum Gasteiger partial charge on any atom is 0.243 e. The summed E-state index contributed by atoms with van der Waals surface area (Å²) in [7, 11) is 0. The van der Waals surface area contributed by atoms with Gasteiger partial charge in [-0.15, -0.1) is 0 Å². The molecule has 0 aromatic heterocycles. The van der Waals surface area contributed by atoms with E-state index in [0.717, 1.165) is 59.1 Å². The van der Waals surface area contributed by atoms with Crippen LogP contribution in [0.5, 0.6) is 5.75 Å². The summed E-state index contributed by atoms with van der Waals surface area (Å²) in [6, 6.07) is 19.3. The van der Waals surface area contributed by atoms with Gasteiger partial charge < -0.3 is 52.8 Å². The Kier molecular flexibility index (Phi) is 18.3. The van der Waals surface area contributed by atoms with E-state index in [4.69, 9.17) is 21.9 Å². The highest BCUT2D eigenvalue weighted by Gasteiger charge is 2.69. The van der Waals surface area contributed by atoms with E-state index in [1.54, 1.807) is 24.3 Å². The van der Waals surface area contributed by atoms with Crippen molar-refractivity contribution in [2.75, 3.05) is 26.3 Å². The molecule has 14 heteroatoms. The molecule has 420 valence electrons. The molecule has 6 aliphatic rings. The first kappa shape index (κ1) is 57.5. The molecule has 0 radical (unpaired) electrons. The van der Waals surface area contributed by atoms with E-state index in [1.165, 1.54) is 5.57 Å². The van der Waals surface area contributed by atoms with Crippen LogP contribution in [0.4, 0.5) is 0 Å². The molecule has 0 saturated heterocycles. The van der Waals surface area contributed by atoms with Crippen LogP contribution in [0.15, 0.2) is 130 Å². The predicted molar refractivity (Wildman–Crippen MR) is 308 cm³/mol. The van der Waals surface area contributed by atoms with E-state index < -0.39 is 65.2 Å². The van der Waals surface area contributed by atoms with Crippen molar-refractivity contribution in [3.8, 4) is 17.6 Å². The number of hydrogen-bond acceptors (Lipinski definition) is 11. The lowest BCUT2D eigenvalue weighted by Crippen LogP contribution is -2.61. The van der Waals surface area contributed by atoms with Gasteiger partial charge in [0.15, 0.2) is 11.7 Å². The first-order valence-corrected chi connectivity index (χ1v) is 28.5. The summed E-state index contributed by atoms with van der Waals surface area (Å²) in [5.74, 6) is 4.02. The third-order valence-corrected chi connectivity index (χ3v) is 18.5. The molecule has 14 nitrogen and oxygen atoms in total. The Morgan fingerprint density at radius 1 is 0.962 bits per heavy atom. The summed E-state index contributed by atoms with van der Waals surface area (Å²) in [6.45, 7) is 8.84. The van der Waals surface area contributed by atoms with Gasteiger partial charge in [0.2, 0.25) is 5.91 Å². The zero-order valence-electron chi connectivity index (χ0n) is 46.0. The Morgan fingerprint density at radius 2 is 1.73 bits per heavy atom. The van der Waals surface area contributed by atoms with Crippen molar-refractivity contribution in [3.05, 3.63) is 159 Å². The first-order chi connectivity index (χ1) is 38.0. The molecule has 9 rings (SSSR count). The fraction of sp³-hybridized carbons (Fsp3) is 0.492. The lowest BCUT2D eigenvalue weighted by Gasteiger charge is -2.57. The van der Waals surface area contributed by atoms with Crippen molar-refractivity contribution in [2.45, 2.75) is 146 Å². The van der Waals surface area contributed by atoms with E-state index in [0.29, 0.717) is 80.1 Å². The number of amides is 1. The SMILES string of the molecule is C=C1C=CC=C(C2C3CCCC4(O)CCC5=C(C)C(=O)Cc6cccc7c6C(NCC(O)C(C(CN=C(N)N)c6ccc(O)cc6)Cc6cccc(c6)CC(O)CCC5C4(C3)C2O)C(=O)NC7N)COCC#CCC(C)=CCC1. The predicted octanol–water partition coefficient (Wildman–Crippen LogP) is 7.01. The zero-order valence-corrected chi connectivity index (χ0v) is 46.0. The number of hydrogen-bond donors (Lipinski definition) is 10. The van der Waals surface area contributed by atoms with Crippen LogP contribution in [0.25, 0.3) is 0 Å². The zero-order chi connectivity index (χ0) is 56.0. The second kappa shape index (κ2) is 25.1. The number of benzene rings is 3. The van der Waals surface area contributed by atoms with E-state index in [-0.39, 0.29) is 62.1 Å². The van der Waals surface area contributed by atoms with Gasteiger partial charge in [-0.05, 0) is 159 Å². The molecule has 3 aliphatic heterocycles. The molecule has 12 atom stereocenters. The number of β-amino-alcohol motifs (C(OH)–C–C–N with tert-alkyl or cyclic N) is 1. The number of aliphatic hydroxyl groups is 4. The second-order valence-corrected chi connectivity index (χ2v) is 23.5. The molecule has 3 fully saturated rings. The molecule has 1 spiro atoms. The number of carbonyl (C=O) groups is 2. The Hall–Kier alpha value is -6.15. The fourth-order valence-corrected chi connectivity index (χ4v) is 14.6. The monoisotopic (exact) mass is 1070 g/mol. The molecule has 1 amide bonds. The van der Waals surface area contributed by atoms with Crippen LogP contribution < -0.4 is 27.8 Å². The van der Waals surface area contributed by atoms with Crippen molar-refractivity contribution in [1.82, 2.24) is 10.6 Å². The molecule has 12 unspecified atom stereocenters. The number of phenols is 1. The molecule has 3 heterocycles. The van der Waals surface area contributed by atoms with Crippen molar-refractivity contribution < 1.29 is 39.9 Å². The van der Waals surface area contributed by atoms with Crippen LogP contribution in [0.2, 0.25) is 0 Å². The highest BCUT2D eigenvalue weighted by Crippen LogP contribution is 2.68. The maximum atomic E-state index is 15.3. The summed E-state index contributed by atoms with van der Waals surface area (Å²) in [5.41, 5.74) is 25.2. The molecule has 79 heavy (non-hydrogen) atoms. The van der Waals surface area contributed by atoms with Gasteiger partial charge in [0, 0.05) is 43.2 Å². The Labute approximate surface area is 466 Å². The highest BCUT2D eigenvalue weighted by molar-refractivity contribution is 5.98. The van der Waals surface area contributed by atoms with E-state index >= 15 is 4.79 Å². The number of allylic oxidation sites excluding steroid dienone is 8. The number of ether oxygens (including phenoxy) is 1. The summed E-state index contributed by atoms with van der Waals surface area (Å²) in [6.07, 6.45) is 11.7. The number of aliphatic hydroxyl groups excluding tert-OH is 3. The maximum absolute atomic E-state index is 15.3. The summed E-state index contributed by atoms with van der Waals surface area (Å²) in [5, 5.41) is 68.1. The van der Waals surface area contributed by atoms with Crippen LogP contribution in [0.1, 0.15) is 136 Å². The number of aliphatic imine (C=N–C) groups is 1. The number of guanidine groups is 1. The number of nitrogens with zero attached hydrogens (tertiary/aromatic N) is 1. The number of nitrogens with one attached hydrogen (secondary N) is 2. The number of phenolic OH excluding ortho intramolecular Hbond substituents is 1. The van der Waals surface area contributed by atoms with E-state index in [9.17, 15) is 30.3 Å². The lowest BCUT2D eigenvalue weighted by molar-refractivity contribution is -0.181. The first-order valence-electron chi connectivity index (χ1n) is 28.5. The van der Waals surface area contributed by atoms with Gasteiger partial charge in [-0.1, -0.05) is 120 Å². The fourth-order valence-electron chi connectivity index (χ4n) is 14.6. The molecule has 13 N–H and O–H groups in total. The van der Waals surface area contributed by atoms with Crippen LogP contribution in [-0.4, -0.2) is 93.4 Å². The molecule has 3 aromatic rings. The average molecular weight is 1080 g/mol. The topological polar surface area (TPSA) is 259 Å². The normalized spacial score (nSPS) is 31.6. The van der Waals surface area contributed by atoms with Crippen molar-refractivity contribution >= 4 is 17.6 Å². The van der Waals surface area contributed by atoms with E-state index in [1.807, 2.05) is 61.5 Å². The average Bonchev–Trinajstić information content (AvgIpc) is 3.60. The van der Waals surface area contributed by atoms with Crippen LogP contribution >= 0.6 is 0 Å². The number of rotatable bonds is 5. The van der Waals surface area contributed by atoms with Crippen LogP contribution in [0, 0.1) is 40.9 Å². The van der Waals surface area contributed by atoms with Gasteiger partial charge in [0.25, 0.3) is 0 Å². The van der Waals surface area contributed by atoms with E-state index in [2.05, 4.69) is 53.1 Å². The van der Waals surface area contributed by atoms with Gasteiger partial charge in [0.05, 0.1) is 30.5 Å². The minimum Gasteiger partial charge on any atom is -0.508 e. The second-order valence-electron chi connectivity index (χ2n) is 23.5. The quantitative estimate of drug-likeness (QED) is 0.0536. The standard InChI is InChI=1S/C65H82N6O8/c1-39-11-4-5-30-79-38-47(18-7-14-40(2)13-6-12-39)57-46-19-10-28-64(78)29-27-50-41(3)55(74)34-45-17-9-20-51-58(45)59(62(77)71-61(51)66)69-37-56(75)52(53(36-70-63(67)68)44-21-23-48(72)24-22-44)33-43-16-8-15-42(31-43)32-49(73)25-26-54(50)65(64,35-46)60(57)76/h7-9,12,14-18,20-24,31,46,49,52-54,56-57,59-61,69,72-73,75-76,78H,2,6,10-11,13,19,25-30,32-38,66H2,1,3H3,(H,71,77)(H4,67,68,70). The molecule has 3 aromatic carbocycles. The molecular weight excluding hydrogens is 993 g/mol. The minimum atomic E-state index is -1.26. The van der Waals surface area contributed by atoms with Crippen molar-refractivity contribution in [2.24, 2.45) is 51.3 Å². The number of ketones is 1. The Bertz CT molecular complexity index is 2970. The highest BCUT2D eigenvalue weighted by atomic mass is 16.5. The van der Waals surface area contributed by atoms with Gasteiger partial charge in [-0.3, -0.25) is 19.9 Å². The number of nitrogens with two attached hydrogens (primary N) is 3. The molecule has 3 saturated carbocycles.